The Kier molecular flexibility index (Phi) is 2.08. The second-order valence-electron chi connectivity index (χ2n) is 5.98. The van der Waals surface area contributed by atoms with Crippen molar-refractivity contribution in [3.8, 4) is 0 Å². The number of fused-ring (bicyclic) bond motifs is 4. The van der Waals surface area contributed by atoms with E-state index in [1.165, 1.54) is 19.3 Å². The molecule has 6 nitrogen and oxygen atoms in total. The molecule has 6 heteroatoms. The topological polar surface area (TPSA) is 94.4 Å². The van der Waals surface area contributed by atoms with Crippen LogP contribution in [0.25, 0.3) is 11.2 Å². The summed E-state index contributed by atoms with van der Waals surface area (Å²) in [7, 11) is 0. The van der Waals surface area contributed by atoms with E-state index in [-0.39, 0.29) is 5.41 Å². The highest BCUT2D eigenvalue weighted by Gasteiger charge is 2.43. The Labute approximate surface area is 108 Å². The minimum Gasteiger partial charge on any atom is -0.336 e. The number of hydrogen-bond acceptors (Lipinski definition) is 3. The molecule has 0 spiro atoms. The van der Waals surface area contributed by atoms with Crippen molar-refractivity contribution in [3.63, 3.8) is 0 Å². The molecule has 3 N–H and O–H groups in total. The molecule has 3 aliphatic carbocycles. The number of rotatable bonds is 1. The largest absolute Gasteiger partial charge is 0.336 e. The van der Waals surface area contributed by atoms with Crippen LogP contribution < -0.4 is 11.2 Å². The molecule has 0 aromatic carbocycles. The fourth-order valence-electron chi connectivity index (χ4n) is 3.79. The molecule has 0 saturated heterocycles. The Hall–Kier alpha value is -1.85. The summed E-state index contributed by atoms with van der Waals surface area (Å²) in [5.74, 6) is 1.77. The zero-order valence-electron chi connectivity index (χ0n) is 10.6. The molecule has 3 fully saturated rings. The first-order valence-electron chi connectivity index (χ1n) is 6.89. The molecule has 0 atom stereocenters. The Morgan fingerprint density at radius 3 is 2.37 bits per heavy atom. The van der Waals surface area contributed by atoms with Crippen LogP contribution in [0.5, 0.6) is 0 Å². The van der Waals surface area contributed by atoms with Crippen molar-refractivity contribution < 1.29 is 0 Å². The van der Waals surface area contributed by atoms with Gasteiger partial charge < -0.3 is 4.98 Å². The molecule has 5 rings (SSSR count). The average Bonchev–Trinajstić information content (AvgIpc) is 2.86. The number of nitrogens with one attached hydrogen (secondary N) is 3. The molecule has 19 heavy (non-hydrogen) atoms. The van der Waals surface area contributed by atoms with Gasteiger partial charge in [-0.25, -0.2) is 9.78 Å². The lowest BCUT2D eigenvalue weighted by Crippen LogP contribution is -2.38. The quantitative estimate of drug-likeness (QED) is 0.718. The van der Waals surface area contributed by atoms with E-state index < -0.39 is 11.2 Å². The molecule has 0 radical (unpaired) electrons. The number of nitrogens with zero attached hydrogens (tertiary/aromatic N) is 1. The number of H-pyrrole nitrogens is 3. The summed E-state index contributed by atoms with van der Waals surface area (Å²) in [5, 5.41) is 0. The Bertz CT molecular complexity index is 732. The molecule has 100 valence electrons. The maximum absolute atomic E-state index is 11.8. The van der Waals surface area contributed by atoms with Crippen LogP contribution >= 0.6 is 0 Å². The molecule has 3 aliphatic rings. The van der Waals surface area contributed by atoms with Crippen molar-refractivity contribution in [3.05, 3.63) is 26.7 Å². The van der Waals surface area contributed by atoms with Gasteiger partial charge in [-0.2, -0.15) is 0 Å². The van der Waals surface area contributed by atoms with Crippen molar-refractivity contribution in [1.82, 2.24) is 19.9 Å². The molecular weight excluding hydrogens is 244 g/mol. The summed E-state index contributed by atoms with van der Waals surface area (Å²) in [5.41, 5.74) is -0.0295. The third-order valence-electron chi connectivity index (χ3n) is 4.99. The Balaban J connectivity index is 1.90. The minimum absolute atomic E-state index is 0.0943. The minimum atomic E-state index is -0.500. The van der Waals surface area contributed by atoms with Crippen molar-refractivity contribution in [2.45, 2.75) is 43.9 Å². The normalized spacial score (nSPS) is 30.0. The highest BCUT2D eigenvalue weighted by atomic mass is 16.2. The first-order valence-corrected chi connectivity index (χ1v) is 6.89. The molecule has 2 aromatic heterocycles. The second kappa shape index (κ2) is 3.59. The first-order chi connectivity index (χ1) is 9.16. The van der Waals surface area contributed by atoms with Gasteiger partial charge in [-0.15, -0.1) is 0 Å². The van der Waals surface area contributed by atoms with E-state index in [0.717, 1.165) is 31.0 Å². The monoisotopic (exact) mass is 260 g/mol. The van der Waals surface area contributed by atoms with E-state index >= 15 is 0 Å². The number of imidazole rings is 1. The molecule has 2 aromatic rings. The van der Waals surface area contributed by atoms with Crippen molar-refractivity contribution in [2.75, 3.05) is 0 Å². The zero-order chi connectivity index (χ0) is 13.0. The van der Waals surface area contributed by atoms with Gasteiger partial charge in [0.2, 0.25) is 0 Å². The van der Waals surface area contributed by atoms with Crippen LogP contribution in [0.4, 0.5) is 0 Å². The van der Waals surface area contributed by atoms with Gasteiger partial charge in [0.05, 0.1) is 0 Å². The Morgan fingerprint density at radius 2 is 1.68 bits per heavy atom. The summed E-state index contributed by atoms with van der Waals surface area (Å²) in [6.07, 6.45) is 7.18. The average molecular weight is 260 g/mol. The number of hydrogen-bond donors (Lipinski definition) is 3. The van der Waals surface area contributed by atoms with Gasteiger partial charge in [-0.05, 0) is 44.4 Å². The molecular formula is C13H16N4O2. The van der Waals surface area contributed by atoms with Crippen molar-refractivity contribution in [1.29, 1.82) is 0 Å². The lowest BCUT2D eigenvalue weighted by molar-refractivity contribution is 0.129. The molecule has 2 heterocycles. The molecule has 0 unspecified atom stereocenters. The van der Waals surface area contributed by atoms with E-state index in [2.05, 4.69) is 19.9 Å². The van der Waals surface area contributed by atoms with Gasteiger partial charge in [0, 0.05) is 5.41 Å². The highest BCUT2D eigenvalue weighted by molar-refractivity contribution is 5.69. The second-order valence-corrected chi connectivity index (χ2v) is 5.98. The van der Waals surface area contributed by atoms with E-state index in [9.17, 15) is 9.59 Å². The number of aromatic nitrogens is 4. The third kappa shape index (κ3) is 1.52. The maximum atomic E-state index is 11.8. The highest BCUT2D eigenvalue weighted by Crippen LogP contribution is 2.50. The van der Waals surface area contributed by atoms with Crippen LogP contribution in [0.15, 0.2) is 9.59 Å². The van der Waals surface area contributed by atoms with Crippen LogP contribution in [0.1, 0.15) is 44.3 Å². The van der Waals surface area contributed by atoms with Crippen LogP contribution in [0, 0.1) is 5.92 Å². The van der Waals surface area contributed by atoms with Crippen molar-refractivity contribution in [2.24, 2.45) is 5.92 Å². The summed E-state index contributed by atoms with van der Waals surface area (Å²) < 4.78 is 0. The van der Waals surface area contributed by atoms with Crippen molar-refractivity contribution >= 4 is 11.2 Å². The first kappa shape index (κ1) is 11.0. The molecule has 0 amide bonds. The predicted octanol–water partition coefficient (Wildman–Crippen LogP) is 1.16. The van der Waals surface area contributed by atoms with Gasteiger partial charge in [0.25, 0.3) is 5.56 Å². The van der Waals surface area contributed by atoms with Gasteiger partial charge in [-0.1, -0.05) is 0 Å². The third-order valence-corrected chi connectivity index (χ3v) is 4.99. The number of aromatic amines is 3. The molecule has 2 bridgehead atoms. The van der Waals surface area contributed by atoms with Gasteiger partial charge in [0.1, 0.15) is 11.3 Å². The Morgan fingerprint density at radius 1 is 1.00 bits per heavy atom. The smallest absolute Gasteiger partial charge is 0.327 e. The lowest BCUT2D eigenvalue weighted by atomic mass is 9.60. The fourth-order valence-corrected chi connectivity index (χ4v) is 3.79. The SMILES string of the molecule is O=c1[nH]c(=O)c2[nH]c(C34CCC(CC3)CC4)nc2[nH]1. The van der Waals surface area contributed by atoms with Crippen LogP contribution in [0.3, 0.4) is 0 Å². The van der Waals surface area contributed by atoms with Gasteiger partial charge in [-0.3, -0.25) is 14.8 Å². The van der Waals surface area contributed by atoms with Crippen LogP contribution in [0.2, 0.25) is 0 Å². The molecule has 0 aliphatic heterocycles. The van der Waals surface area contributed by atoms with E-state index in [1.54, 1.807) is 0 Å². The summed E-state index contributed by atoms with van der Waals surface area (Å²) in [4.78, 5) is 35.5. The summed E-state index contributed by atoms with van der Waals surface area (Å²) in [6, 6.07) is 0. The summed E-state index contributed by atoms with van der Waals surface area (Å²) >= 11 is 0. The van der Waals surface area contributed by atoms with Crippen LogP contribution in [-0.2, 0) is 5.41 Å². The lowest BCUT2D eigenvalue weighted by Gasteiger charge is -2.45. The van der Waals surface area contributed by atoms with Crippen LogP contribution in [-0.4, -0.2) is 19.9 Å². The van der Waals surface area contributed by atoms with E-state index in [0.29, 0.717) is 11.2 Å². The van der Waals surface area contributed by atoms with Gasteiger partial charge in [0.15, 0.2) is 5.65 Å². The van der Waals surface area contributed by atoms with Gasteiger partial charge >= 0.3 is 5.69 Å². The fraction of sp³-hybridized carbons (Fsp3) is 0.615. The zero-order valence-corrected chi connectivity index (χ0v) is 10.6. The summed E-state index contributed by atoms with van der Waals surface area (Å²) in [6.45, 7) is 0. The van der Waals surface area contributed by atoms with E-state index in [1.807, 2.05) is 0 Å². The maximum Gasteiger partial charge on any atom is 0.327 e. The standard InChI is InChI=1S/C13H16N4O2/c18-10-8-9(16-12(19)17-10)15-11(14-8)13-4-1-7(2-5-13)3-6-13/h7H,1-6H2,(H3,14,15,16,17,18,19). The van der Waals surface area contributed by atoms with E-state index in [4.69, 9.17) is 0 Å². The predicted molar refractivity (Wildman–Crippen MR) is 70.2 cm³/mol. The molecule has 3 saturated carbocycles.